The summed E-state index contributed by atoms with van der Waals surface area (Å²) in [5.41, 5.74) is 5.24. The van der Waals surface area contributed by atoms with Crippen molar-refractivity contribution in [3.63, 3.8) is 0 Å². The molecule has 1 aromatic heterocycles. The van der Waals surface area contributed by atoms with E-state index >= 15 is 0 Å². The van der Waals surface area contributed by atoms with Gasteiger partial charge < -0.3 is 0 Å². The molecule has 24 heavy (non-hydrogen) atoms. The molecule has 0 saturated carbocycles. The monoisotopic (exact) mass is 340 g/mol. The van der Waals surface area contributed by atoms with Crippen LogP contribution in [0, 0.1) is 5.82 Å². The molecule has 0 radical (unpaired) electrons. The second kappa shape index (κ2) is 7.19. The van der Waals surface area contributed by atoms with Crippen LogP contribution in [-0.2, 0) is 0 Å². The summed E-state index contributed by atoms with van der Waals surface area (Å²) in [5, 5.41) is 4.59. The van der Waals surface area contributed by atoms with E-state index in [-0.39, 0.29) is 5.82 Å². The minimum Gasteiger partial charge on any atom is -0.261 e. The molecular weight excluding hydrogens is 327 g/mol. The Bertz CT molecular complexity index is 864. The number of anilines is 1. The summed E-state index contributed by atoms with van der Waals surface area (Å²) >= 11 is 6.07. The Morgan fingerprint density at radius 1 is 1.04 bits per heavy atom. The lowest BCUT2D eigenvalue weighted by Gasteiger charge is -2.06. The average Bonchev–Trinajstić information content (AvgIpc) is 2.60. The number of hydrogen-bond donors (Lipinski definition) is 1. The molecule has 3 aromatic rings. The van der Waals surface area contributed by atoms with Crippen molar-refractivity contribution >= 4 is 23.1 Å². The third kappa shape index (κ3) is 3.94. The molecule has 0 aliphatic heterocycles. The van der Waals surface area contributed by atoms with Gasteiger partial charge in [-0.1, -0.05) is 54.1 Å². The zero-order valence-electron chi connectivity index (χ0n) is 12.9. The summed E-state index contributed by atoms with van der Waals surface area (Å²) in [6.45, 7) is 1.82. The van der Waals surface area contributed by atoms with Crippen LogP contribution in [0.1, 0.15) is 12.5 Å². The molecule has 3 rings (SSSR count). The molecule has 0 aliphatic carbocycles. The molecule has 0 amide bonds. The van der Waals surface area contributed by atoms with Gasteiger partial charge in [0.15, 0.2) is 11.6 Å². The number of aromatic nitrogens is 2. The van der Waals surface area contributed by atoms with Crippen LogP contribution < -0.4 is 5.43 Å². The standard InChI is InChI=1S/C18H14ClFN4/c1-12(13-7-9-15(20)10-8-13)23-24-17-11-16(19)21-18(22-17)14-5-3-2-4-6-14/h2-11H,1H3,(H,21,22,24)/b23-12+. The van der Waals surface area contributed by atoms with Gasteiger partial charge in [0.2, 0.25) is 0 Å². The number of nitrogens with one attached hydrogen (secondary N) is 1. The van der Waals surface area contributed by atoms with Gasteiger partial charge in [-0.05, 0) is 24.6 Å². The van der Waals surface area contributed by atoms with Gasteiger partial charge in [-0.2, -0.15) is 5.10 Å². The van der Waals surface area contributed by atoms with Gasteiger partial charge in [0.05, 0.1) is 5.71 Å². The van der Waals surface area contributed by atoms with E-state index in [9.17, 15) is 4.39 Å². The predicted molar refractivity (Wildman–Crippen MR) is 94.7 cm³/mol. The highest BCUT2D eigenvalue weighted by atomic mass is 35.5. The molecule has 4 nitrogen and oxygen atoms in total. The topological polar surface area (TPSA) is 50.2 Å². The zero-order valence-corrected chi connectivity index (χ0v) is 13.6. The SMILES string of the molecule is C/C(=N\Nc1cc(Cl)nc(-c2ccccc2)n1)c1ccc(F)cc1. The molecule has 0 bridgehead atoms. The normalized spacial score (nSPS) is 11.4. The van der Waals surface area contributed by atoms with Crippen molar-refractivity contribution in [2.24, 2.45) is 5.10 Å². The number of hydrogen-bond acceptors (Lipinski definition) is 4. The molecule has 0 fully saturated rings. The van der Waals surface area contributed by atoms with Gasteiger partial charge in [-0.25, -0.2) is 14.4 Å². The van der Waals surface area contributed by atoms with Gasteiger partial charge >= 0.3 is 0 Å². The van der Waals surface area contributed by atoms with E-state index in [1.807, 2.05) is 37.3 Å². The first-order valence-electron chi connectivity index (χ1n) is 7.28. The lowest BCUT2D eigenvalue weighted by Crippen LogP contribution is -2.02. The smallest absolute Gasteiger partial charge is 0.163 e. The molecule has 0 spiro atoms. The highest BCUT2D eigenvalue weighted by molar-refractivity contribution is 6.29. The first kappa shape index (κ1) is 16.1. The second-order valence-corrected chi connectivity index (χ2v) is 5.47. The maximum Gasteiger partial charge on any atom is 0.163 e. The molecule has 1 heterocycles. The van der Waals surface area contributed by atoms with Gasteiger partial charge in [0, 0.05) is 11.6 Å². The van der Waals surface area contributed by atoms with E-state index in [1.165, 1.54) is 12.1 Å². The third-order valence-corrected chi connectivity index (χ3v) is 3.52. The fraction of sp³-hybridized carbons (Fsp3) is 0.0556. The van der Waals surface area contributed by atoms with Crippen LogP contribution in [0.3, 0.4) is 0 Å². The maximum absolute atomic E-state index is 13.0. The lowest BCUT2D eigenvalue weighted by molar-refractivity contribution is 0.628. The second-order valence-electron chi connectivity index (χ2n) is 5.08. The van der Waals surface area contributed by atoms with Gasteiger partial charge in [0.25, 0.3) is 0 Å². The Balaban J connectivity index is 1.84. The molecular formula is C18H14ClFN4. The summed E-state index contributed by atoms with van der Waals surface area (Å²) in [7, 11) is 0. The molecule has 1 N–H and O–H groups in total. The van der Waals surface area contributed by atoms with Crippen molar-refractivity contribution < 1.29 is 4.39 Å². The van der Waals surface area contributed by atoms with Crippen LogP contribution in [0.15, 0.2) is 65.8 Å². The van der Waals surface area contributed by atoms with Crippen LogP contribution in [-0.4, -0.2) is 15.7 Å². The summed E-state index contributed by atoms with van der Waals surface area (Å²) in [6, 6.07) is 17.3. The fourth-order valence-corrected chi connectivity index (χ4v) is 2.27. The van der Waals surface area contributed by atoms with Crippen LogP contribution in [0.2, 0.25) is 5.15 Å². The molecule has 2 aromatic carbocycles. The Kier molecular flexibility index (Phi) is 4.82. The fourth-order valence-electron chi connectivity index (χ4n) is 2.09. The van der Waals surface area contributed by atoms with Crippen molar-refractivity contribution in [2.45, 2.75) is 6.92 Å². The minimum absolute atomic E-state index is 0.283. The molecule has 6 heteroatoms. The van der Waals surface area contributed by atoms with Crippen molar-refractivity contribution in [2.75, 3.05) is 5.43 Å². The highest BCUT2D eigenvalue weighted by Gasteiger charge is 2.05. The lowest BCUT2D eigenvalue weighted by atomic mass is 10.1. The molecule has 0 unspecified atom stereocenters. The summed E-state index contributed by atoms with van der Waals surface area (Å²) in [6.07, 6.45) is 0. The number of hydrazone groups is 1. The molecule has 120 valence electrons. The zero-order chi connectivity index (χ0) is 16.9. The van der Waals surface area contributed by atoms with Crippen LogP contribution in [0.5, 0.6) is 0 Å². The number of halogens is 2. The molecule has 0 saturated heterocycles. The summed E-state index contributed by atoms with van der Waals surface area (Å²) in [5.74, 6) is 0.713. The first-order valence-corrected chi connectivity index (χ1v) is 7.66. The number of benzene rings is 2. The Morgan fingerprint density at radius 2 is 1.75 bits per heavy atom. The van der Waals surface area contributed by atoms with Gasteiger partial charge in [0.1, 0.15) is 11.0 Å². The Morgan fingerprint density at radius 3 is 2.46 bits per heavy atom. The number of rotatable bonds is 4. The van der Waals surface area contributed by atoms with E-state index in [1.54, 1.807) is 18.2 Å². The van der Waals surface area contributed by atoms with E-state index in [0.717, 1.165) is 11.1 Å². The maximum atomic E-state index is 13.0. The van der Waals surface area contributed by atoms with Crippen molar-refractivity contribution in [1.82, 2.24) is 9.97 Å². The third-order valence-electron chi connectivity index (χ3n) is 3.33. The average molecular weight is 341 g/mol. The van der Waals surface area contributed by atoms with E-state index in [2.05, 4.69) is 20.5 Å². The van der Waals surface area contributed by atoms with Gasteiger partial charge in [-0.3, -0.25) is 5.43 Å². The quantitative estimate of drug-likeness (QED) is 0.423. The van der Waals surface area contributed by atoms with Crippen molar-refractivity contribution in [3.8, 4) is 11.4 Å². The van der Waals surface area contributed by atoms with Crippen molar-refractivity contribution in [1.29, 1.82) is 0 Å². The van der Waals surface area contributed by atoms with Crippen LogP contribution >= 0.6 is 11.6 Å². The number of nitrogens with zero attached hydrogens (tertiary/aromatic N) is 3. The van der Waals surface area contributed by atoms with Crippen LogP contribution in [0.4, 0.5) is 10.2 Å². The Labute approximate surface area is 144 Å². The van der Waals surface area contributed by atoms with Crippen molar-refractivity contribution in [3.05, 3.63) is 77.2 Å². The van der Waals surface area contributed by atoms with E-state index in [0.29, 0.717) is 22.5 Å². The van der Waals surface area contributed by atoms with Crippen LogP contribution in [0.25, 0.3) is 11.4 Å². The first-order chi connectivity index (χ1) is 11.6. The minimum atomic E-state index is -0.283. The van der Waals surface area contributed by atoms with Gasteiger partial charge in [-0.15, -0.1) is 0 Å². The summed E-state index contributed by atoms with van der Waals surface area (Å²) in [4.78, 5) is 8.63. The largest absolute Gasteiger partial charge is 0.261 e. The summed E-state index contributed by atoms with van der Waals surface area (Å²) < 4.78 is 13.0. The van der Waals surface area contributed by atoms with E-state index in [4.69, 9.17) is 11.6 Å². The Hall–Kier alpha value is -2.79. The highest BCUT2D eigenvalue weighted by Crippen LogP contribution is 2.20. The van der Waals surface area contributed by atoms with E-state index < -0.39 is 0 Å². The molecule has 0 atom stereocenters. The molecule has 0 aliphatic rings. The predicted octanol–water partition coefficient (Wildman–Crippen LogP) is 4.77.